The summed E-state index contributed by atoms with van der Waals surface area (Å²) in [6, 6.07) is 5.42. The van der Waals surface area contributed by atoms with Gasteiger partial charge in [-0.25, -0.2) is 0 Å². The van der Waals surface area contributed by atoms with Gasteiger partial charge in [0.05, 0.1) is 0 Å². The van der Waals surface area contributed by atoms with E-state index in [0.717, 1.165) is 43.6 Å². The average molecular weight is 345 g/mol. The third-order valence-corrected chi connectivity index (χ3v) is 4.67. The van der Waals surface area contributed by atoms with Crippen molar-refractivity contribution in [2.75, 3.05) is 25.0 Å². The topological polar surface area (TPSA) is 70.2 Å². The van der Waals surface area contributed by atoms with Gasteiger partial charge in [0.2, 0.25) is 5.91 Å². The molecular formula is C20H31N3O2. The molecule has 1 fully saturated rings. The van der Waals surface area contributed by atoms with Crippen molar-refractivity contribution < 1.29 is 9.59 Å². The molecule has 2 rings (SSSR count). The van der Waals surface area contributed by atoms with Gasteiger partial charge in [-0.3, -0.25) is 9.59 Å². The van der Waals surface area contributed by atoms with Crippen LogP contribution >= 0.6 is 0 Å². The van der Waals surface area contributed by atoms with Crippen LogP contribution in [0.15, 0.2) is 18.2 Å². The second-order valence-electron chi connectivity index (χ2n) is 7.41. The second kappa shape index (κ2) is 9.56. The Labute approximate surface area is 151 Å². The molecule has 0 bridgehead atoms. The van der Waals surface area contributed by atoms with Gasteiger partial charge in [0.1, 0.15) is 0 Å². The maximum Gasteiger partial charge on any atom is 0.251 e. The minimum Gasteiger partial charge on any atom is -0.352 e. The molecule has 1 aliphatic rings. The van der Waals surface area contributed by atoms with Crippen LogP contribution in [0.3, 0.4) is 0 Å². The number of anilines is 1. The Hall–Kier alpha value is -1.88. The summed E-state index contributed by atoms with van der Waals surface area (Å²) in [5.41, 5.74) is 2.33. The van der Waals surface area contributed by atoms with Crippen LogP contribution < -0.4 is 16.0 Å². The van der Waals surface area contributed by atoms with E-state index in [1.807, 2.05) is 19.1 Å². The lowest BCUT2D eigenvalue weighted by molar-refractivity contribution is -0.116. The van der Waals surface area contributed by atoms with Crippen LogP contribution in [0.2, 0.25) is 0 Å². The quantitative estimate of drug-likeness (QED) is 0.711. The number of benzene rings is 1. The minimum atomic E-state index is -0.0689. The number of amides is 2. The number of rotatable bonds is 7. The molecule has 1 heterocycles. The van der Waals surface area contributed by atoms with Crippen LogP contribution in [0.25, 0.3) is 0 Å². The Morgan fingerprint density at radius 3 is 2.60 bits per heavy atom. The highest BCUT2D eigenvalue weighted by Crippen LogP contribution is 2.20. The maximum atomic E-state index is 12.2. The first-order valence-corrected chi connectivity index (χ1v) is 9.35. The first-order chi connectivity index (χ1) is 12.0. The smallest absolute Gasteiger partial charge is 0.251 e. The highest BCUT2D eigenvalue weighted by molar-refractivity contribution is 5.96. The van der Waals surface area contributed by atoms with Crippen molar-refractivity contribution in [2.24, 2.45) is 11.8 Å². The molecule has 1 aromatic rings. The molecule has 0 atom stereocenters. The third-order valence-electron chi connectivity index (χ3n) is 4.67. The molecule has 5 heteroatoms. The van der Waals surface area contributed by atoms with Crippen LogP contribution in [0.5, 0.6) is 0 Å². The summed E-state index contributed by atoms with van der Waals surface area (Å²) in [6.07, 6.45) is 3.82. The highest BCUT2D eigenvalue weighted by atomic mass is 16.2. The van der Waals surface area contributed by atoms with Crippen molar-refractivity contribution in [3.05, 3.63) is 29.3 Å². The van der Waals surface area contributed by atoms with Crippen LogP contribution in [0.1, 0.15) is 55.5 Å². The Morgan fingerprint density at radius 2 is 1.96 bits per heavy atom. The minimum absolute atomic E-state index is 0.0543. The van der Waals surface area contributed by atoms with E-state index in [4.69, 9.17) is 0 Å². The van der Waals surface area contributed by atoms with Crippen molar-refractivity contribution in [3.8, 4) is 0 Å². The molecule has 5 nitrogen and oxygen atoms in total. The number of carbonyl (C=O) groups excluding carboxylic acids is 2. The predicted molar refractivity (Wildman–Crippen MR) is 102 cm³/mol. The largest absolute Gasteiger partial charge is 0.352 e. The van der Waals surface area contributed by atoms with Gasteiger partial charge in [0.25, 0.3) is 5.91 Å². The molecule has 0 spiro atoms. The summed E-state index contributed by atoms with van der Waals surface area (Å²) in [7, 11) is 0. The number of carbonyl (C=O) groups is 2. The number of aryl methyl sites for hydroxylation is 1. The molecule has 0 saturated carbocycles. The number of hydrogen-bond acceptors (Lipinski definition) is 3. The fourth-order valence-corrected chi connectivity index (χ4v) is 3.06. The summed E-state index contributed by atoms with van der Waals surface area (Å²) in [5.74, 6) is 1.06. The Morgan fingerprint density at radius 1 is 1.24 bits per heavy atom. The van der Waals surface area contributed by atoms with Crippen LogP contribution in [0, 0.1) is 18.8 Å². The fourth-order valence-electron chi connectivity index (χ4n) is 3.06. The van der Waals surface area contributed by atoms with Gasteiger partial charge in [0.15, 0.2) is 0 Å². The zero-order valence-corrected chi connectivity index (χ0v) is 15.7. The van der Waals surface area contributed by atoms with Gasteiger partial charge in [-0.05, 0) is 74.9 Å². The molecule has 1 saturated heterocycles. The first-order valence-electron chi connectivity index (χ1n) is 9.35. The molecule has 25 heavy (non-hydrogen) atoms. The SMILES string of the molecule is Cc1cc(C(=O)NCC(C)C)ccc1NC(=O)CCC1CCNCC1. The standard InChI is InChI=1S/C20H31N3O2/c1-14(2)13-22-20(25)17-5-6-18(15(3)12-17)23-19(24)7-4-16-8-10-21-11-9-16/h5-6,12,14,16,21H,4,7-11,13H2,1-3H3,(H,22,25)(H,23,24). The lowest BCUT2D eigenvalue weighted by atomic mass is 9.93. The summed E-state index contributed by atoms with van der Waals surface area (Å²) in [4.78, 5) is 24.3. The van der Waals surface area contributed by atoms with Crippen LogP contribution in [0.4, 0.5) is 5.69 Å². The van der Waals surface area contributed by atoms with Gasteiger partial charge in [-0.1, -0.05) is 13.8 Å². The molecule has 2 amide bonds. The van der Waals surface area contributed by atoms with E-state index in [2.05, 4.69) is 29.8 Å². The van der Waals surface area contributed by atoms with E-state index in [1.54, 1.807) is 6.07 Å². The third kappa shape index (κ3) is 6.50. The second-order valence-corrected chi connectivity index (χ2v) is 7.41. The maximum absolute atomic E-state index is 12.2. The summed E-state index contributed by atoms with van der Waals surface area (Å²) in [6.45, 7) is 8.83. The first kappa shape index (κ1) is 19.4. The normalized spacial score (nSPS) is 15.2. The van der Waals surface area contributed by atoms with Gasteiger partial charge in [-0.15, -0.1) is 0 Å². The van der Waals surface area contributed by atoms with E-state index < -0.39 is 0 Å². The van der Waals surface area contributed by atoms with Crippen molar-refractivity contribution in [1.29, 1.82) is 0 Å². The molecular weight excluding hydrogens is 314 g/mol. The fraction of sp³-hybridized carbons (Fsp3) is 0.600. The molecule has 1 aliphatic heterocycles. The van der Waals surface area contributed by atoms with Gasteiger partial charge in [0, 0.05) is 24.2 Å². The summed E-state index contributed by atoms with van der Waals surface area (Å²) < 4.78 is 0. The van der Waals surface area contributed by atoms with E-state index in [0.29, 0.717) is 30.4 Å². The Balaban J connectivity index is 1.85. The van der Waals surface area contributed by atoms with Crippen molar-refractivity contribution in [3.63, 3.8) is 0 Å². The molecule has 138 valence electrons. The van der Waals surface area contributed by atoms with E-state index in [-0.39, 0.29) is 11.8 Å². The molecule has 0 aliphatic carbocycles. The molecule has 0 aromatic heterocycles. The Kier molecular flexibility index (Phi) is 7.44. The lowest BCUT2D eigenvalue weighted by Crippen LogP contribution is -2.28. The van der Waals surface area contributed by atoms with Crippen LogP contribution in [-0.2, 0) is 4.79 Å². The van der Waals surface area contributed by atoms with Crippen LogP contribution in [-0.4, -0.2) is 31.4 Å². The monoisotopic (exact) mass is 345 g/mol. The van der Waals surface area contributed by atoms with E-state index in [9.17, 15) is 9.59 Å². The summed E-state index contributed by atoms with van der Waals surface area (Å²) >= 11 is 0. The Bertz CT molecular complexity index is 593. The average Bonchev–Trinajstić information content (AvgIpc) is 2.60. The molecule has 3 N–H and O–H groups in total. The van der Waals surface area contributed by atoms with Crippen molar-refractivity contribution >= 4 is 17.5 Å². The van der Waals surface area contributed by atoms with Gasteiger partial charge >= 0.3 is 0 Å². The van der Waals surface area contributed by atoms with Crippen molar-refractivity contribution in [1.82, 2.24) is 10.6 Å². The highest BCUT2D eigenvalue weighted by Gasteiger charge is 2.15. The molecule has 0 unspecified atom stereocenters. The molecule has 1 aromatic carbocycles. The predicted octanol–water partition coefficient (Wildman–Crippen LogP) is 3.10. The number of piperidine rings is 1. The van der Waals surface area contributed by atoms with Gasteiger partial charge < -0.3 is 16.0 Å². The number of nitrogens with one attached hydrogen (secondary N) is 3. The van der Waals surface area contributed by atoms with E-state index in [1.165, 1.54) is 0 Å². The van der Waals surface area contributed by atoms with E-state index >= 15 is 0 Å². The lowest BCUT2D eigenvalue weighted by Gasteiger charge is -2.22. The zero-order valence-electron chi connectivity index (χ0n) is 15.7. The van der Waals surface area contributed by atoms with Gasteiger partial charge in [-0.2, -0.15) is 0 Å². The zero-order chi connectivity index (χ0) is 18.2. The van der Waals surface area contributed by atoms with Crippen molar-refractivity contribution in [2.45, 2.75) is 46.5 Å². The number of hydrogen-bond donors (Lipinski definition) is 3. The summed E-state index contributed by atoms with van der Waals surface area (Å²) in [5, 5.41) is 9.24. The molecule has 0 radical (unpaired) electrons.